The molecule has 0 bridgehead atoms. The monoisotopic (exact) mass is 379 g/mol. The molecule has 1 saturated carbocycles. The Labute approximate surface area is 158 Å². The largest absolute Gasteiger partial charge is 1.00 e. The van der Waals surface area contributed by atoms with Crippen molar-refractivity contribution in [3.63, 3.8) is 0 Å². The van der Waals surface area contributed by atoms with Gasteiger partial charge in [0.15, 0.2) is 0 Å². The number of esters is 1. The number of pyridine rings is 1. The van der Waals surface area contributed by atoms with Gasteiger partial charge in [0.2, 0.25) is 0 Å². The van der Waals surface area contributed by atoms with Gasteiger partial charge in [-0.3, -0.25) is 9.36 Å². The van der Waals surface area contributed by atoms with Crippen LogP contribution in [0.4, 0.5) is 0 Å². The molecule has 4 nitrogen and oxygen atoms in total. The summed E-state index contributed by atoms with van der Waals surface area (Å²) in [5.41, 5.74) is -0.00596. The third kappa shape index (κ3) is 3.45. The normalized spacial score (nSPS) is 14.0. The van der Waals surface area contributed by atoms with Gasteiger partial charge < -0.3 is 6.16 Å². The van der Waals surface area contributed by atoms with Crippen LogP contribution in [0.2, 0.25) is 0 Å². The average Bonchev–Trinajstić information content (AvgIpc) is 3.17. The van der Waals surface area contributed by atoms with Crippen LogP contribution in [0, 0.1) is 5.92 Å². The standard InChI is InChI=1S/C14H14BrNO3S.Na.H/c1-2-19-14(18)12-11(15)9-5-6-10(17)16(13(9)20-12)7-8-3-4-8;;/h5-6,8H,2-4,7H2,1H3;;/q;+1;-1. The zero-order valence-corrected chi connectivity index (χ0v) is 16.4. The Bertz CT molecular complexity index is 741. The second-order valence-corrected chi connectivity index (χ2v) is 6.70. The first-order valence-electron chi connectivity index (χ1n) is 6.60. The summed E-state index contributed by atoms with van der Waals surface area (Å²) in [6.45, 7) is 2.86. The van der Waals surface area contributed by atoms with Gasteiger partial charge in [0.05, 0.1) is 11.1 Å². The van der Waals surface area contributed by atoms with Crippen molar-refractivity contribution in [2.75, 3.05) is 6.61 Å². The molecule has 3 rings (SSSR count). The minimum absolute atomic E-state index is 0. The number of nitrogens with zero attached hydrogens (tertiary/aromatic N) is 1. The number of halogens is 1. The van der Waals surface area contributed by atoms with Gasteiger partial charge in [-0.2, -0.15) is 0 Å². The number of hydrogen-bond donors (Lipinski definition) is 0. The van der Waals surface area contributed by atoms with Gasteiger partial charge in [0.1, 0.15) is 9.71 Å². The van der Waals surface area contributed by atoms with Crippen molar-refractivity contribution in [2.45, 2.75) is 26.3 Å². The first kappa shape index (κ1) is 17.2. The molecule has 0 unspecified atom stereocenters. The molecule has 7 heteroatoms. The van der Waals surface area contributed by atoms with Crippen molar-refractivity contribution in [1.29, 1.82) is 0 Å². The van der Waals surface area contributed by atoms with E-state index in [1.54, 1.807) is 23.6 Å². The molecular formula is C14H15BrNNaO3S. The maximum atomic E-state index is 12.1. The van der Waals surface area contributed by atoms with E-state index in [9.17, 15) is 9.59 Å². The van der Waals surface area contributed by atoms with E-state index in [0.29, 0.717) is 17.4 Å². The van der Waals surface area contributed by atoms with Crippen molar-refractivity contribution in [2.24, 2.45) is 5.92 Å². The molecule has 1 aliphatic carbocycles. The summed E-state index contributed by atoms with van der Waals surface area (Å²) in [6.07, 6.45) is 2.36. The van der Waals surface area contributed by atoms with Crippen molar-refractivity contribution in [3.8, 4) is 0 Å². The zero-order valence-electron chi connectivity index (χ0n) is 13.0. The predicted octanol–water partition coefficient (Wildman–Crippen LogP) is 0.529. The molecule has 2 aromatic rings. The second kappa shape index (κ2) is 6.96. The fraction of sp³-hybridized carbons (Fsp3) is 0.429. The SMILES string of the molecule is CCOC(=O)c1sc2c(ccc(=O)n2CC2CC2)c1Br.[H-].[Na+]. The van der Waals surface area contributed by atoms with Crippen LogP contribution in [0.15, 0.2) is 21.4 Å². The molecule has 108 valence electrons. The first-order valence-corrected chi connectivity index (χ1v) is 8.21. The summed E-state index contributed by atoms with van der Waals surface area (Å²) < 4.78 is 7.56. The second-order valence-electron chi connectivity index (χ2n) is 4.91. The zero-order chi connectivity index (χ0) is 14.3. The van der Waals surface area contributed by atoms with Gasteiger partial charge in [-0.15, -0.1) is 11.3 Å². The molecule has 2 aromatic heterocycles. The van der Waals surface area contributed by atoms with Crippen molar-refractivity contribution < 1.29 is 40.5 Å². The van der Waals surface area contributed by atoms with E-state index in [1.807, 2.05) is 0 Å². The van der Waals surface area contributed by atoms with Crippen LogP contribution in [0.5, 0.6) is 0 Å². The van der Waals surface area contributed by atoms with E-state index >= 15 is 0 Å². The molecule has 0 saturated heterocycles. The average molecular weight is 380 g/mol. The van der Waals surface area contributed by atoms with E-state index in [1.165, 1.54) is 24.2 Å². The van der Waals surface area contributed by atoms with Gasteiger partial charge in [-0.25, -0.2) is 4.79 Å². The number of carbonyl (C=O) groups excluding carboxylic acids is 1. The van der Waals surface area contributed by atoms with Gasteiger partial charge >= 0.3 is 35.5 Å². The smallest absolute Gasteiger partial charge is 1.00 e. The molecule has 0 atom stereocenters. The fourth-order valence-electron chi connectivity index (χ4n) is 2.16. The van der Waals surface area contributed by atoms with Crippen LogP contribution in [0.3, 0.4) is 0 Å². The molecule has 0 amide bonds. The number of ether oxygens (including phenoxy) is 1. The predicted molar refractivity (Wildman–Crippen MR) is 83.6 cm³/mol. The molecule has 1 fully saturated rings. The van der Waals surface area contributed by atoms with Gasteiger partial charge in [-0.1, -0.05) is 0 Å². The van der Waals surface area contributed by atoms with Gasteiger partial charge in [0.25, 0.3) is 5.56 Å². The quantitative estimate of drug-likeness (QED) is 0.575. The third-order valence-corrected chi connectivity index (χ3v) is 5.66. The van der Waals surface area contributed by atoms with E-state index in [0.717, 1.165) is 21.2 Å². The molecule has 0 aliphatic heterocycles. The Morgan fingerprint density at radius 3 is 2.86 bits per heavy atom. The maximum Gasteiger partial charge on any atom is 1.00 e. The summed E-state index contributed by atoms with van der Waals surface area (Å²) in [5.74, 6) is 0.260. The Morgan fingerprint density at radius 2 is 2.24 bits per heavy atom. The van der Waals surface area contributed by atoms with Crippen LogP contribution in [-0.4, -0.2) is 17.1 Å². The van der Waals surface area contributed by atoms with E-state index in [-0.39, 0.29) is 42.5 Å². The summed E-state index contributed by atoms with van der Waals surface area (Å²) in [5, 5.41) is 0.901. The van der Waals surface area contributed by atoms with E-state index in [4.69, 9.17) is 4.74 Å². The van der Waals surface area contributed by atoms with Crippen molar-refractivity contribution in [3.05, 3.63) is 31.8 Å². The Balaban J connectivity index is 0.00000121. The van der Waals surface area contributed by atoms with Crippen LogP contribution in [0.1, 0.15) is 30.9 Å². The summed E-state index contributed by atoms with van der Waals surface area (Å²) in [4.78, 5) is 25.4. The van der Waals surface area contributed by atoms with Crippen LogP contribution >= 0.6 is 27.3 Å². The number of aromatic nitrogens is 1. The van der Waals surface area contributed by atoms with Crippen LogP contribution in [-0.2, 0) is 11.3 Å². The van der Waals surface area contributed by atoms with Gasteiger partial charge in [0, 0.05) is 18.0 Å². The first-order chi connectivity index (χ1) is 9.61. The van der Waals surface area contributed by atoms with E-state index < -0.39 is 0 Å². The van der Waals surface area contributed by atoms with Crippen LogP contribution < -0.4 is 35.1 Å². The summed E-state index contributed by atoms with van der Waals surface area (Å²) in [6, 6.07) is 3.33. The molecule has 0 N–H and O–H groups in total. The Kier molecular flexibility index (Phi) is 5.71. The van der Waals surface area contributed by atoms with E-state index in [2.05, 4.69) is 15.9 Å². The van der Waals surface area contributed by atoms with Gasteiger partial charge in [-0.05, 0) is 47.7 Å². The number of thiophene rings is 1. The molecule has 0 spiro atoms. The fourth-order valence-corrected chi connectivity index (χ4v) is 4.11. The molecule has 0 aromatic carbocycles. The Hall–Kier alpha value is -0.140. The van der Waals surface area contributed by atoms with Crippen molar-refractivity contribution >= 4 is 43.5 Å². The minimum atomic E-state index is -0.342. The minimum Gasteiger partial charge on any atom is -1.00 e. The molecular weight excluding hydrogens is 365 g/mol. The number of fused-ring (bicyclic) bond motifs is 1. The third-order valence-electron chi connectivity index (χ3n) is 3.37. The Morgan fingerprint density at radius 1 is 1.52 bits per heavy atom. The summed E-state index contributed by atoms with van der Waals surface area (Å²) >= 11 is 4.78. The molecule has 1 aliphatic rings. The number of hydrogen-bond acceptors (Lipinski definition) is 4. The molecule has 0 radical (unpaired) electrons. The van der Waals surface area contributed by atoms with Crippen LogP contribution in [0.25, 0.3) is 10.2 Å². The number of rotatable bonds is 4. The topological polar surface area (TPSA) is 48.3 Å². The molecule has 2 heterocycles. The summed E-state index contributed by atoms with van der Waals surface area (Å²) in [7, 11) is 0. The number of carbonyl (C=O) groups is 1. The maximum absolute atomic E-state index is 12.1. The molecule has 21 heavy (non-hydrogen) atoms. The van der Waals surface area contributed by atoms with Crippen molar-refractivity contribution in [1.82, 2.24) is 4.57 Å².